The monoisotopic (exact) mass is 778 g/mol. The van der Waals surface area contributed by atoms with Gasteiger partial charge in [0.2, 0.25) is 23.6 Å². The standard InChI is InChI=1S/C48H54N6O4/c55-45(41-15-9-31-53(41)47(57)43-17-7-29-51(43)33-37-11-3-1-4-12-37)49-39-25-21-35(22-26-39)19-20-36-23-27-40(28-24-36)50-46(56)42-16-10-32-54(42)48(58)44-18-8-30-52(44)34-38-13-5-2-6-14-38/h1-6,11-14,19-28,41-44H,7-10,15-18,29-34H2,(H,49,55)(H,50,56)/t41-,42-,43-,44-/m0/s1. The second-order valence-electron chi connectivity index (χ2n) is 16.2. The molecule has 0 spiro atoms. The number of hydrogen-bond acceptors (Lipinski definition) is 6. The van der Waals surface area contributed by atoms with Gasteiger partial charge in [0.1, 0.15) is 12.1 Å². The van der Waals surface area contributed by atoms with Crippen LogP contribution < -0.4 is 10.6 Å². The minimum absolute atomic E-state index is 0.0694. The van der Waals surface area contributed by atoms with Gasteiger partial charge in [0.05, 0.1) is 12.1 Å². The van der Waals surface area contributed by atoms with Gasteiger partial charge in [0.15, 0.2) is 0 Å². The lowest BCUT2D eigenvalue weighted by atomic mass is 10.1. The molecule has 0 saturated carbocycles. The minimum Gasteiger partial charge on any atom is -0.329 e. The molecule has 4 amide bonds. The molecule has 0 aliphatic carbocycles. The molecule has 4 atom stereocenters. The smallest absolute Gasteiger partial charge is 0.247 e. The lowest BCUT2D eigenvalue weighted by Crippen LogP contribution is -2.50. The Labute approximate surface area is 341 Å². The van der Waals surface area contributed by atoms with Crippen LogP contribution in [0, 0.1) is 0 Å². The Kier molecular flexibility index (Phi) is 12.4. The normalized spacial score (nSPS) is 22.5. The van der Waals surface area contributed by atoms with Gasteiger partial charge in [-0.2, -0.15) is 0 Å². The summed E-state index contributed by atoms with van der Waals surface area (Å²) in [4.78, 5) is 62.6. The van der Waals surface area contributed by atoms with E-state index in [0.717, 1.165) is 75.8 Å². The third kappa shape index (κ3) is 9.24. The van der Waals surface area contributed by atoms with Crippen LogP contribution in [-0.4, -0.2) is 93.6 Å². The number of likely N-dealkylation sites (tertiary alicyclic amines) is 4. The molecule has 10 nitrogen and oxygen atoms in total. The van der Waals surface area contributed by atoms with Gasteiger partial charge < -0.3 is 20.4 Å². The zero-order chi connectivity index (χ0) is 39.8. The Morgan fingerprint density at radius 1 is 0.466 bits per heavy atom. The Hall–Kier alpha value is -5.58. The van der Waals surface area contributed by atoms with Crippen molar-refractivity contribution in [2.45, 2.75) is 88.6 Å². The summed E-state index contributed by atoms with van der Waals surface area (Å²) >= 11 is 0. The SMILES string of the molecule is O=C(Nc1ccc(C=Cc2ccc(NC(=O)[C@@H]3CCCN3C(=O)[C@@H]3CCCN3Cc3ccccc3)cc2)cc1)[C@@H]1CCCN1C(=O)[C@@H]1CCCN1Cc1ccccc1. The van der Waals surface area contributed by atoms with Gasteiger partial charge in [0, 0.05) is 37.6 Å². The summed E-state index contributed by atoms with van der Waals surface area (Å²) < 4.78 is 0. The van der Waals surface area contributed by atoms with E-state index in [9.17, 15) is 19.2 Å². The van der Waals surface area contributed by atoms with Crippen molar-refractivity contribution < 1.29 is 19.2 Å². The molecule has 8 rings (SSSR count). The fourth-order valence-corrected chi connectivity index (χ4v) is 9.21. The summed E-state index contributed by atoms with van der Waals surface area (Å²) in [7, 11) is 0. The molecule has 4 aliphatic heterocycles. The predicted octanol–water partition coefficient (Wildman–Crippen LogP) is 7.05. The van der Waals surface area contributed by atoms with E-state index in [4.69, 9.17) is 0 Å². The van der Waals surface area contributed by atoms with Crippen molar-refractivity contribution in [3.05, 3.63) is 131 Å². The van der Waals surface area contributed by atoms with Gasteiger partial charge in [-0.05, 0) is 111 Å². The minimum atomic E-state index is -0.466. The van der Waals surface area contributed by atoms with Crippen LogP contribution >= 0.6 is 0 Å². The molecular formula is C48H54N6O4. The third-order valence-electron chi connectivity index (χ3n) is 12.3. The van der Waals surface area contributed by atoms with E-state index < -0.39 is 12.1 Å². The molecule has 0 unspecified atom stereocenters. The summed E-state index contributed by atoms with van der Waals surface area (Å²) in [6, 6.07) is 34.6. The summed E-state index contributed by atoms with van der Waals surface area (Å²) in [5.41, 5.74) is 5.74. The molecule has 10 heteroatoms. The number of hydrogen-bond donors (Lipinski definition) is 2. The van der Waals surface area contributed by atoms with Crippen LogP contribution in [0.3, 0.4) is 0 Å². The first-order valence-electron chi connectivity index (χ1n) is 21.1. The maximum atomic E-state index is 13.8. The van der Waals surface area contributed by atoms with Crippen molar-refractivity contribution in [1.29, 1.82) is 0 Å². The molecular weight excluding hydrogens is 725 g/mol. The van der Waals surface area contributed by atoms with Crippen molar-refractivity contribution in [2.75, 3.05) is 36.8 Å². The van der Waals surface area contributed by atoms with Gasteiger partial charge in [-0.1, -0.05) is 97.1 Å². The Morgan fingerprint density at radius 3 is 1.22 bits per heavy atom. The van der Waals surface area contributed by atoms with Crippen LogP contribution in [0.1, 0.15) is 73.6 Å². The van der Waals surface area contributed by atoms with Gasteiger partial charge in [-0.25, -0.2) is 0 Å². The number of nitrogens with one attached hydrogen (secondary N) is 2. The zero-order valence-corrected chi connectivity index (χ0v) is 33.2. The number of nitrogens with zero attached hydrogens (tertiary/aromatic N) is 4. The number of amides is 4. The van der Waals surface area contributed by atoms with Crippen molar-refractivity contribution >= 4 is 47.2 Å². The quantitative estimate of drug-likeness (QED) is 0.150. The zero-order valence-electron chi connectivity index (χ0n) is 33.2. The number of anilines is 2. The topological polar surface area (TPSA) is 105 Å². The maximum Gasteiger partial charge on any atom is 0.247 e. The molecule has 4 aromatic carbocycles. The van der Waals surface area contributed by atoms with Crippen LogP contribution in [0.15, 0.2) is 109 Å². The van der Waals surface area contributed by atoms with Gasteiger partial charge >= 0.3 is 0 Å². The van der Waals surface area contributed by atoms with E-state index in [2.05, 4.69) is 44.7 Å². The summed E-state index contributed by atoms with van der Waals surface area (Å²) in [5, 5.41) is 6.12. The highest BCUT2D eigenvalue weighted by Gasteiger charge is 2.42. The number of carbonyl (C=O) groups is 4. The highest BCUT2D eigenvalue weighted by Crippen LogP contribution is 2.29. The van der Waals surface area contributed by atoms with Crippen LogP contribution in [0.4, 0.5) is 11.4 Å². The Morgan fingerprint density at radius 2 is 0.828 bits per heavy atom. The summed E-state index contributed by atoms with van der Waals surface area (Å²) in [6.07, 6.45) is 10.6. The van der Waals surface area contributed by atoms with Crippen LogP contribution in [0.5, 0.6) is 0 Å². The van der Waals surface area contributed by atoms with E-state index in [1.54, 1.807) is 9.80 Å². The van der Waals surface area contributed by atoms with Crippen molar-refractivity contribution in [1.82, 2.24) is 19.6 Å². The molecule has 58 heavy (non-hydrogen) atoms. The van der Waals surface area contributed by atoms with Gasteiger partial charge in [-0.15, -0.1) is 0 Å². The lowest BCUT2D eigenvalue weighted by molar-refractivity contribution is -0.140. The lowest BCUT2D eigenvalue weighted by Gasteiger charge is -2.31. The maximum absolute atomic E-state index is 13.8. The second-order valence-corrected chi connectivity index (χ2v) is 16.2. The summed E-state index contributed by atoms with van der Waals surface area (Å²) in [6.45, 7) is 4.48. The van der Waals surface area contributed by atoms with Crippen LogP contribution in [0.2, 0.25) is 0 Å². The van der Waals surface area contributed by atoms with Crippen molar-refractivity contribution in [2.24, 2.45) is 0 Å². The second kappa shape index (κ2) is 18.3. The first kappa shape index (κ1) is 39.3. The molecule has 4 aliphatic rings. The van der Waals surface area contributed by atoms with Gasteiger partial charge in [-0.3, -0.25) is 29.0 Å². The van der Waals surface area contributed by atoms with Gasteiger partial charge in [0.25, 0.3) is 0 Å². The van der Waals surface area contributed by atoms with Crippen molar-refractivity contribution in [3.63, 3.8) is 0 Å². The largest absolute Gasteiger partial charge is 0.329 e. The van der Waals surface area contributed by atoms with E-state index in [1.807, 2.05) is 97.1 Å². The average Bonchev–Trinajstić information content (AvgIpc) is 4.10. The fraction of sp³-hybridized carbons (Fsp3) is 0.375. The van der Waals surface area contributed by atoms with Crippen molar-refractivity contribution in [3.8, 4) is 0 Å². The third-order valence-corrected chi connectivity index (χ3v) is 12.3. The number of carbonyl (C=O) groups excluding carboxylic acids is 4. The Balaban J connectivity index is 0.813. The Bertz CT molecular complexity index is 1920. The first-order chi connectivity index (χ1) is 28.4. The van der Waals surface area contributed by atoms with E-state index in [0.29, 0.717) is 37.3 Å². The van der Waals surface area contributed by atoms with E-state index >= 15 is 0 Å². The predicted molar refractivity (Wildman–Crippen MR) is 228 cm³/mol. The highest BCUT2D eigenvalue weighted by molar-refractivity contribution is 5.99. The molecule has 2 N–H and O–H groups in total. The molecule has 300 valence electrons. The number of benzene rings is 4. The molecule has 4 fully saturated rings. The molecule has 4 aromatic rings. The van der Waals surface area contributed by atoms with E-state index in [1.165, 1.54) is 11.1 Å². The molecule has 0 aromatic heterocycles. The molecule has 4 saturated heterocycles. The molecule has 0 radical (unpaired) electrons. The highest BCUT2D eigenvalue weighted by atomic mass is 16.2. The molecule has 4 heterocycles. The van der Waals surface area contributed by atoms with Crippen LogP contribution in [-0.2, 0) is 32.3 Å². The summed E-state index contributed by atoms with van der Waals surface area (Å²) in [5.74, 6) is -0.138. The molecule has 0 bridgehead atoms. The fourth-order valence-electron chi connectivity index (χ4n) is 9.21. The average molecular weight is 779 g/mol. The van der Waals surface area contributed by atoms with E-state index in [-0.39, 0.29) is 35.7 Å². The van der Waals surface area contributed by atoms with Crippen LogP contribution in [0.25, 0.3) is 12.2 Å². The number of rotatable bonds is 12. The first-order valence-corrected chi connectivity index (χ1v) is 21.1.